The maximum atomic E-state index is 11.7. The Hall–Kier alpha value is -1.35. The highest BCUT2D eigenvalue weighted by Crippen LogP contribution is 2.15. The zero-order chi connectivity index (χ0) is 12.0. The third kappa shape index (κ3) is 3.35. The van der Waals surface area contributed by atoms with Crippen molar-refractivity contribution in [1.82, 2.24) is 5.32 Å². The lowest BCUT2D eigenvalue weighted by molar-refractivity contribution is -0.123. The van der Waals surface area contributed by atoms with Gasteiger partial charge in [0.05, 0.1) is 12.1 Å². The fourth-order valence-corrected chi connectivity index (χ4v) is 1.57. The SMILES string of the molecule is CCC(N)C(=O)N[C@@H](CC)c1ccccc1. The van der Waals surface area contributed by atoms with Crippen molar-refractivity contribution >= 4 is 5.91 Å². The van der Waals surface area contributed by atoms with Crippen LogP contribution in [-0.2, 0) is 4.79 Å². The van der Waals surface area contributed by atoms with Gasteiger partial charge in [0.15, 0.2) is 0 Å². The fourth-order valence-electron chi connectivity index (χ4n) is 1.57. The van der Waals surface area contributed by atoms with E-state index in [0.717, 1.165) is 12.0 Å². The molecule has 1 unspecified atom stereocenters. The highest BCUT2D eigenvalue weighted by Gasteiger charge is 2.16. The quantitative estimate of drug-likeness (QED) is 0.797. The van der Waals surface area contributed by atoms with Crippen LogP contribution in [0.4, 0.5) is 0 Å². The molecule has 0 aliphatic rings. The number of amides is 1. The molecule has 0 aromatic heterocycles. The van der Waals surface area contributed by atoms with Crippen molar-refractivity contribution in [2.24, 2.45) is 5.73 Å². The number of carbonyl (C=O) groups is 1. The number of nitrogens with two attached hydrogens (primary N) is 1. The van der Waals surface area contributed by atoms with Gasteiger partial charge in [-0.2, -0.15) is 0 Å². The first-order valence-corrected chi connectivity index (χ1v) is 5.79. The van der Waals surface area contributed by atoms with Crippen LogP contribution in [0.3, 0.4) is 0 Å². The van der Waals surface area contributed by atoms with E-state index >= 15 is 0 Å². The molecule has 1 amide bonds. The molecule has 16 heavy (non-hydrogen) atoms. The summed E-state index contributed by atoms with van der Waals surface area (Å²) in [7, 11) is 0. The van der Waals surface area contributed by atoms with Gasteiger partial charge in [-0.1, -0.05) is 44.2 Å². The minimum absolute atomic E-state index is 0.0614. The van der Waals surface area contributed by atoms with Crippen molar-refractivity contribution in [3.8, 4) is 0 Å². The smallest absolute Gasteiger partial charge is 0.237 e. The van der Waals surface area contributed by atoms with E-state index in [2.05, 4.69) is 12.2 Å². The molecule has 0 spiro atoms. The summed E-state index contributed by atoms with van der Waals surface area (Å²) in [5.41, 5.74) is 6.81. The molecular formula is C13H20N2O. The molecule has 2 atom stereocenters. The maximum Gasteiger partial charge on any atom is 0.237 e. The van der Waals surface area contributed by atoms with E-state index in [-0.39, 0.29) is 11.9 Å². The van der Waals surface area contributed by atoms with E-state index in [0.29, 0.717) is 6.42 Å². The molecule has 0 fully saturated rings. The van der Waals surface area contributed by atoms with Gasteiger partial charge in [0.2, 0.25) is 5.91 Å². The molecule has 1 rings (SSSR count). The van der Waals surface area contributed by atoms with E-state index < -0.39 is 6.04 Å². The molecule has 0 saturated carbocycles. The summed E-state index contributed by atoms with van der Waals surface area (Å²) in [6.45, 7) is 3.96. The molecule has 1 aromatic rings. The van der Waals surface area contributed by atoms with Gasteiger partial charge in [0, 0.05) is 0 Å². The molecule has 0 aliphatic carbocycles. The molecule has 0 aliphatic heterocycles. The Kier molecular flexibility index (Phi) is 4.99. The summed E-state index contributed by atoms with van der Waals surface area (Å²) in [5, 5.41) is 2.97. The van der Waals surface area contributed by atoms with Crippen LogP contribution in [-0.4, -0.2) is 11.9 Å². The zero-order valence-electron chi connectivity index (χ0n) is 9.94. The highest BCUT2D eigenvalue weighted by atomic mass is 16.2. The minimum Gasteiger partial charge on any atom is -0.348 e. The highest BCUT2D eigenvalue weighted by molar-refractivity contribution is 5.81. The van der Waals surface area contributed by atoms with Crippen LogP contribution in [0.2, 0.25) is 0 Å². The first-order chi connectivity index (χ1) is 7.69. The number of nitrogens with one attached hydrogen (secondary N) is 1. The summed E-state index contributed by atoms with van der Waals surface area (Å²) >= 11 is 0. The number of benzene rings is 1. The van der Waals surface area contributed by atoms with E-state index in [9.17, 15) is 4.79 Å². The number of rotatable bonds is 5. The molecule has 0 bridgehead atoms. The Balaban J connectivity index is 2.66. The zero-order valence-corrected chi connectivity index (χ0v) is 9.94. The van der Waals surface area contributed by atoms with E-state index in [4.69, 9.17) is 5.73 Å². The molecule has 88 valence electrons. The van der Waals surface area contributed by atoms with Gasteiger partial charge < -0.3 is 11.1 Å². The van der Waals surface area contributed by atoms with Gasteiger partial charge in [-0.25, -0.2) is 0 Å². The summed E-state index contributed by atoms with van der Waals surface area (Å²) < 4.78 is 0. The van der Waals surface area contributed by atoms with Gasteiger partial charge in [-0.05, 0) is 18.4 Å². The van der Waals surface area contributed by atoms with Crippen molar-refractivity contribution in [2.75, 3.05) is 0 Å². The van der Waals surface area contributed by atoms with E-state index in [1.54, 1.807) is 0 Å². The third-order valence-electron chi connectivity index (χ3n) is 2.70. The van der Waals surface area contributed by atoms with Crippen LogP contribution in [0.15, 0.2) is 30.3 Å². The van der Waals surface area contributed by atoms with E-state index in [1.807, 2.05) is 37.3 Å². The predicted molar refractivity (Wildman–Crippen MR) is 65.9 cm³/mol. The molecule has 0 heterocycles. The maximum absolute atomic E-state index is 11.7. The second-order valence-electron chi connectivity index (χ2n) is 3.89. The average molecular weight is 220 g/mol. The predicted octanol–water partition coefficient (Wildman–Crippen LogP) is 1.99. The average Bonchev–Trinajstić information content (AvgIpc) is 2.35. The molecule has 3 nitrogen and oxygen atoms in total. The van der Waals surface area contributed by atoms with Gasteiger partial charge in [-0.15, -0.1) is 0 Å². The van der Waals surface area contributed by atoms with Crippen LogP contribution in [0, 0.1) is 0 Å². The lowest BCUT2D eigenvalue weighted by Crippen LogP contribution is -2.41. The first kappa shape index (κ1) is 12.7. The first-order valence-electron chi connectivity index (χ1n) is 5.79. The number of hydrogen-bond acceptors (Lipinski definition) is 2. The molecule has 0 saturated heterocycles. The Labute approximate surface area is 97.0 Å². The summed E-state index contributed by atoms with van der Waals surface area (Å²) in [5.74, 6) is -0.0711. The topological polar surface area (TPSA) is 55.1 Å². The summed E-state index contributed by atoms with van der Waals surface area (Å²) in [4.78, 5) is 11.7. The van der Waals surface area contributed by atoms with Crippen LogP contribution in [0.25, 0.3) is 0 Å². The van der Waals surface area contributed by atoms with Crippen molar-refractivity contribution in [2.45, 2.75) is 38.8 Å². The van der Waals surface area contributed by atoms with Crippen molar-refractivity contribution in [3.63, 3.8) is 0 Å². The Morgan fingerprint density at radius 3 is 2.38 bits per heavy atom. The van der Waals surface area contributed by atoms with Gasteiger partial charge in [0.25, 0.3) is 0 Å². The lowest BCUT2D eigenvalue weighted by Gasteiger charge is -2.19. The van der Waals surface area contributed by atoms with Gasteiger partial charge in [-0.3, -0.25) is 4.79 Å². The Bertz CT molecular complexity index is 324. The van der Waals surface area contributed by atoms with Gasteiger partial charge in [0.1, 0.15) is 0 Å². The molecular weight excluding hydrogens is 200 g/mol. The second kappa shape index (κ2) is 6.28. The third-order valence-corrected chi connectivity index (χ3v) is 2.70. The largest absolute Gasteiger partial charge is 0.348 e. The molecule has 3 heteroatoms. The minimum atomic E-state index is -0.405. The fraction of sp³-hybridized carbons (Fsp3) is 0.462. The van der Waals surface area contributed by atoms with Crippen molar-refractivity contribution in [1.29, 1.82) is 0 Å². The normalized spacial score (nSPS) is 14.2. The van der Waals surface area contributed by atoms with Crippen LogP contribution in [0.5, 0.6) is 0 Å². The molecule has 0 radical (unpaired) electrons. The van der Waals surface area contributed by atoms with Crippen LogP contribution in [0.1, 0.15) is 38.3 Å². The number of carbonyl (C=O) groups excluding carboxylic acids is 1. The van der Waals surface area contributed by atoms with Gasteiger partial charge >= 0.3 is 0 Å². The standard InChI is InChI=1S/C13H20N2O/c1-3-11(14)13(16)15-12(4-2)10-8-6-5-7-9-10/h5-9,11-12H,3-4,14H2,1-2H3,(H,15,16)/t11?,12-/m0/s1. The van der Waals surface area contributed by atoms with Crippen molar-refractivity contribution in [3.05, 3.63) is 35.9 Å². The second-order valence-corrected chi connectivity index (χ2v) is 3.89. The monoisotopic (exact) mass is 220 g/mol. The Morgan fingerprint density at radius 2 is 1.88 bits per heavy atom. The van der Waals surface area contributed by atoms with Crippen LogP contribution < -0.4 is 11.1 Å². The van der Waals surface area contributed by atoms with E-state index in [1.165, 1.54) is 0 Å². The lowest BCUT2D eigenvalue weighted by atomic mass is 10.0. The van der Waals surface area contributed by atoms with Crippen LogP contribution >= 0.6 is 0 Å². The Morgan fingerprint density at radius 1 is 1.25 bits per heavy atom. The molecule has 1 aromatic carbocycles. The summed E-state index contributed by atoms with van der Waals surface area (Å²) in [6.07, 6.45) is 1.53. The van der Waals surface area contributed by atoms with Crippen molar-refractivity contribution < 1.29 is 4.79 Å². The number of hydrogen-bond donors (Lipinski definition) is 2. The molecule has 3 N–H and O–H groups in total. The summed E-state index contributed by atoms with van der Waals surface area (Å²) in [6, 6.07) is 9.62.